The van der Waals surface area contributed by atoms with Crippen LogP contribution in [-0.4, -0.2) is 46.7 Å². The van der Waals surface area contributed by atoms with Crippen molar-refractivity contribution in [1.29, 1.82) is 0 Å². The second-order valence-electron chi connectivity index (χ2n) is 4.49. The molecule has 0 spiro atoms. The standard InChI is InChI=1S/C14H14N4O3/c1-9-13(20)17-12(19)8-18(9)14(21)11-5-10(3-2-4-15)6-16-7-11/h5-7,9H,4,8,15H2,1H3,(H,17,19,20). The molecule has 1 aliphatic rings. The number of aromatic nitrogens is 1. The number of piperazine rings is 1. The molecule has 0 aromatic carbocycles. The van der Waals surface area contributed by atoms with Crippen LogP contribution in [0.5, 0.6) is 0 Å². The highest BCUT2D eigenvalue weighted by atomic mass is 16.2. The molecule has 1 aromatic rings. The minimum Gasteiger partial charge on any atom is -0.320 e. The Kier molecular flexibility index (Phi) is 4.30. The zero-order valence-corrected chi connectivity index (χ0v) is 11.4. The van der Waals surface area contributed by atoms with E-state index in [-0.39, 0.29) is 18.7 Å². The van der Waals surface area contributed by atoms with Gasteiger partial charge in [0.25, 0.3) is 5.91 Å². The Hall–Kier alpha value is -2.72. The Morgan fingerprint density at radius 2 is 2.29 bits per heavy atom. The lowest BCUT2D eigenvalue weighted by Crippen LogP contribution is -2.58. The first-order valence-corrected chi connectivity index (χ1v) is 6.31. The summed E-state index contributed by atoms with van der Waals surface area (Å²) in [5.41, 5.74) is 6.11. The lowest BCUT2D eigenvalue weighted by atomic mass is 10.1. The maximum atomic E-state index is 12.4. The van der Waals surface area contributed by atoms with E-state index in [2.05, 4.69) is 22.1 Å². The molecule has 21 heavy (non-hydrogen) atoms. The Bertz CT molecular complexity index is 660. The number of hydrogen-bond donors (Lipinski definition) is 2. The van der Waals surface area contributed by atoms with Crippen LogP contribution in [0.25, 0.3) is 0 Å². The summed E-state index contributed by atoms with van der Waals surface area (Å²) in [6.07, 6.45) is 2.89. The van der Waals surface area contributed by atoms with Crippen molar-refractivity contribution < 1.29 is 14.4 Å². The molecule has 7 heteroatoms. The van der Waals surface area contributed by atoms with Gasteiger partial charge in [-0.1, -0.05) is 11.8 Å². The first kappa shape index (κ1) is 14.7. The van der Waals surface area contributed by atoms with Crippen molar-refractivity contribution >= 4 is 17.7 Å². The number of pyridine rings is 1. The fourth-order valence-electron chi connectivity index (χ4n) is 1.91. The number of imide groups is 1. The number of nitrogens with zero attached hydrogens (tertiary/aromatic N) is 2. The van der Waals surface area contributed by atoms with E-state index in [0.717, 1.165) is 0 Å². The average molecular weight is 286 g/mol. The van der Waals surface area contributed by atoms with Crippen molar-refractivity contribution in [2.45, 2.75) is 13.0 Å². The summed E-state index contributed by atoms with van der Waals surface area (Å²) >= 11 is 0. The Labute approximate surface area is 121 Å². The van der Waals surface area contributed by atoms with Crippen molar-refractivity contribution in [2.24, 2.45) is 5.73 Å². The lowest BCUT2D eigenvalue weighted by molar-refractivity contribution is -0.138. The first-order chi connectivity index (χ1) is 10.0. The number of hydrogen-bond acceptors (Lipinski definition) is 5. The molecule has 1 aliphatic heterocycles. The molecule has 1 atom stereocenters. The third-order valence-electron chi connectivity index (χ3n) is 3.00. The van der Waals surface area contributed by atoms with Gasteiger partial charge in [-0.2, -0.15) is 0 Å². The van der Waals surface area contributed by atoms with E-state index in [1.807, 2.05) is 0 Å². The minimum atomic E-state index is -0.714. The van der Waals surface area contributed by atoms with Gasteiger partial charge in [-0.25, -0.2) is 0 Å². The molecular weight excluding hydrogens is 272 g/mol. The van der Waals surface area contributed by atoms with Gasteiger partial charge in [0.15, 0.2) is 0 Å². The van der Waals surface area contributed by atoms with E-state index in [4.69, 9.17) is 5.73 Å². The smallest absolute Gasteiger partial charge is 0.256 e. The van der Waals surface area contributed by atoms with Gasteiger partial charge < -0.3 is 10.6 Å². The molecule has 7 nitrogen and oxygen atoms in total. The van der Waals surface area contributed by atoms with E-state index in [9.17, 15) is 14.4 Å². The topological polar surface area (TPSA) is 105 Å². The molecule has 2 heterocycles. The number of amides is 3. The molecule has 0 aliphatic carbocycles. The third kappa shape index (κ3) is 3.24. The average Bonchev–Trinajstić information content (AvgIpc) is 2.48. The second-order valence-corrected chi connectivity index (χ2v) is 4.49. The Morgan fingerprint density at radius 1 is 1.52 bits per heavy atom. The minimum absolute atomic E-state index is 0.162. The van der Waals surface area contributed by atoms with Gasteiger partial charge in [0.2, 0.25) is 11.8 Å². The van der Waals surface area contributed by atoms with Crippen LogP contribution < -0.4 is 11.1 Å². The van der Waals surface area contributed by atoms with Crippen LogP contribution >= 0.6 is 0 Å². The summed E-state index contributed by atoms with van der Waals surface area (Å²) in [5, 5.41) is 2.18. The third-order valence-corrected chi connectivity index (χ3v) is 3.00. The predicted molar refractivity (Wildman–Crippen MR) is 73.8 cm³/mol. The van der Waals surface area contributed by atoms with Crippen molar-refractivity contribution in [3.63, 3.8) is 0 Å². The van der Waals surface area contributed by atoms with E-state index < -0.39 is 23.8 Å². The zero-order chi connectivity index (χ0) is 15.4. The van der Waals surface area contributed by atoms with Crippen LogP contribution in [0.2, 0.25) is 0 Å². The fourth-order valence-corrected chi connectivity index (χ4v) is 1.91. The van der Waals surface area contributed by atoms with Gasteiger partial charge >= 0.3 is 0 Å². The molecule has 1 unspecified atom stereocenters. The van der Waals surface area contributed by atoms with E-state index in [0.29, 0.717) is 5.56 Å². The first-order valence-electron chi connectivity index (χ1n) is 6.31. The van der Waals surface area contributed by atoms with Gasteiger partial charge in [0.1, 0.15) is 12.6 Å². The van der Waals surface area contributed by atoms with E-state index in [1.165, 1.54) is 17.3 Å². The summed E-state index contributed by atoms with van der Waals surface area (Å²) in [4.78, 5) is 40.5. The monoisotopic (exact) mass is 286 g/mol. The summed E-state index contributed by atoms with van der Waals surface area (Å²) < 4.78 is 0. The fraction of sp³-hybridized carbons (Fsp3) is 0.286. The highest BCUT2D eigenvalue weighted by Crippen LogP contribution is 2.12. The molecule has 1 fully saturated rings. The number of rotatable bonds is 1. The van der Waals surface area contributed by atoms with Gasteiger partial charge in [0, 0.05) is 18.0 Å². The molecule has 1 aromatic heterocycles. The van der Waals surface area contributed by atoms with Crippen molar-refractivity contribution in [1.82, 2.24) is 15.2 Å². The van der Waals surface area contributed by atoms with Crippen molar-refractivity contribution in [3.8, 4) is 11.8 Å². The van der Waals surface area contributed by atoms with Crippen LogP contribution in [0.4, 0.5) is 0 Å². The summed E-state index contributed by atoms with van der Waals surface area (Å²) in [6.45, 7) is 1.60. The maximum Gasteiger partial charge on any atom is 0.256 e. The molecule has 1 saturated heterocycles. The summed E-state index contributed by atoms with van der Waals surface area (Å²) in [6, 6.07) is 0.843. The Morgan fingerprint density at radius 3 is 3.00 bits per heavy atom. The van der Waals surface area contributed by atoms with Gasteiger partial charge in [-0.15, -0.1) is 0 Å². The van der Waals surface area contributed by atoms with Gasteiger partial charge in [-0.05, 0) is 13.0 Å². The highest BCUT2D eigenvalue weighted by molar-refractivity contribution is 6.07. The van der Waals surface area contributed by atoms with Crippen LogP contribution in [0.3, 0.4) is 0 Å². The molecule has 2 rings (SSSR count). The van der Waals surface area contributed by atoms with Crippen LogP contribution in [0.15, 0.2) is 18.5 Å². The maximum absolute atomic E-state index is 12.4. The molecule has 0 radical (unpaired) electrons. The van der Waals surface area contributed by atoms with Crippen LogP contribution in [0, 0.1) is 11.8 Å². The van der Waals surface area contributed by atoms with E-state index >= 15 is 0 Å². The summed E-state index contributed by atoms with van der Waals surface area (Å²) in [7, 11) is 0. The van der Waals surface area contributed by atoms with Crippen molar-refractivity contribution in [2.75, 3.05) is 13.1 Å². The number of nitrogens with one attached hydrogen (secondary N) is 1. The number of nitrogens with two attached hydrogens (primary N) is 1. The molecule has 0 saturated carbocycles. The van der Waals surface area contributed by atoms with Gasteiger partial charge in [0.05, 0.1) is 12.1 Å². The zero-order valence-electron chi connectivity index (χ0n) is 11.4. The molecule has 3 amide bonds. The van der Waals surface area contributed by atoms with Gasteiger partial charge in [-0.3, -0.25) is 24.7 Å². The SMILES string of the molecule is CC1C(=O)NC(=O)CN1C(=O)c1cncc(C#CCN)c1. The highest BCUT2D eigenvalue weighted by Gasteiger charge is 2.34. The quantitative estimate of drug-likeness (QED) is 0.502. The largest absolute Gasteiger partial charge is 0.320 e. The van der Waals surface area contributed by atoms with Crippen molar-refractivity contribution in [3.05, 3.63) is 29.6 Å². The van der Waals surface area contributed by atoms with Crippen LogP contribution in [0.1, 0.15) is 22.8 Å². The Balaban J connectivity index is 2.27. The molecule has 0 bridgehead atoms. The molecule has 108 valence electrons. The number of carbonyl (C=O) groups is 3. The second kappa shape index (κ2) is 6.15. The normalized spacial score (nSPS) is 17.8. The lowest BCUT2D eigenvalue weighted by Gasteiger charge is -2.31. The van der Waals surface area contributed by atoms with E-state index in [1.54, 1.807) is 13.0 Å². The summed E-state index contributed by atoms with van der Waals surface area (Å²) in [5.74, 6) is 4.01. The predicted octanol–water partition coefficient (Wildman–Crippen LogP) is -1.12. The molecular formula is C14H14N4O3. The molecule has 3 N–H and O–H groups in total. The van der Waals surface area contributed by atoms with Crippen LogP contribution in [-0.2, 0) is 9.59 Å². The number of carbonyl (C=O) groups excluding carboxylic acids is 3.